The van der Waals surface area contributed by atoms with Gasteiger partial charge >= 0.3 is 0 Å². The fourth-order valence-corrected chi connectivity index (χ4v) is 4.98. The van der Waals surface area contributed by atoms with Gasteiger partial charge in [0.05, 0.1) is 24.1 Å². The normalized spacial score (nSPS) is 11.4. The minimum absolute atomic E-state index is 0.0993. The van der Waals surface area contributed by atoms with Crippen molar-refractivity contribution in [3.05, 3.63) is 81.3 Å². The Labute approximate surface area is 190 Å². The molecule has 4 heterocycles. The van der Waals surface area contributed by atoms with Crippen LogP contribution in [0.1, 0.15) is 16.9 Å². The summed E-state index contributed by atoms with van der Waals surface area (Å²) >= 11 is 2.66. The molecule has 0 aliphatic heterocycles. The zero-order valence-electron chi connectivity index (χ0n) is 17.1. The van der Waals surface area contributed by atoms with E-state index < -0.39 is 0 Å². The number of furan rings is 1. The summed E-state index contributed by atoms with van der Waals surface area (Å²) in [5.74, 6) is 1.16. The van der Waals surface area contributed by atoms with Crippen LogP contribution in [0.2, 0.25) is 0 Å². The van der Waals surface area contributed by atoms with Gasteiger partial charge in [0.1, 0.15) is 10.5 Å². The molecule has 0 radical (unpaired) electrons. The van der Waals surface area contributed by atoms with Gasteiger partial charge in [0, 0.05) is 6.54 Å². The first-order chi connectivity index (χ1) is 15.6. The van der Waals surface area contributed by atoms with Gasteiger partial charge in [0.2, 0.25) is 11.7 Å². The standard InChI is InChI=1S/C22H19N5O3S2/c1-14-4-6-15(7-5-14)11-23-18(28)13-32-22-25-24-21-26(12-16-3-2-9-30-16)20(29)19-17(27(21)22)8-10-31-19/h2-10H,11-13H2,1H3,(H,23,28). The molecule has 0 bridgehead atoms. The summed E-state index contributed by atoms with van der Waals surface area (Å²) in [6, 6.07) is 13.5. The topological polar surface area (TPSA) is 94.4 Å². The largest absolute Gasteiger partial charge is 0.467 e. The number of carbonyl (C=O) groups is 1. The van der Waals surface area contributed by atoms with Crippen LogP contribution in [0.3, 0.4) is 0 Å². The Morgan fingerprint density at radius 2 is 2.03 bits per heavy atom. The number of thioether (sulfide) groups is 1. The van der Waals surface area contributed by atoms with Crippen LogP contribution in [0, 0.1) is 6.92 Å². The number of aryl methyl sites for hydroxylation is 1. The smallest absolute Gasteiger partial charge is 0.273 e. The number of benzene rings is 1. The first-order valence-electron chi connectivity index (χ1n) is 9.93. The number of fused-ring (bicyclic) bond motifs is 3. The number of carbonyl (C=O) groups excluding carboxylic acids is 1. The van der Waals surface area contributed by atoms with Crippen LogP contribution in [-0.4, -0.2) is 30.8 Å². The van der Waals surface area contributed by atoms with Crippen molar-refractivity contribution in [1.82, 2.24) is 24.5 Å². The second-order valence-electron chi connectivity index (χ2n) is 7.27. The molecule has 8 nitrogen and oxygen atoms in total. The number of nitrogens with zero attached hydrogens (tertiary/aromatic N) is 4. The molecule has 5 rings (SSSR count). The first-order valence-corrected chi connectivity index (χ1v) is 11.8. The van der Waals surface area contributed by atoms with E-state index in [2.05, 4.69) is 15.5 Å². The second kappa shape index (κ2) is 8.64. The maximum atomic E-state index is 13.0. The van der Waals surface area contributed by atoms with Crippen LogP contribution in [0.25, 0.3) is 16.0 Å². The summed E-state index contributed by atoms with van der Waals surface area (Å²) in [4.78, 5) is 25.4. The van der Waals surface area contributed by atoms with Crippen molar-refractivity contribution in [2.24, 2.45) is 0 Å². The van der Waals surface area contributed by atoms with Crippen molar-refractivity contribution in [2.75, 3.05) is 5.75 Å². The molecule has 0 aliphatic rings. The van der Waals surface area contributed by atoms with E-state index in [4.69, 9.17) is 4.42 Å². The molecule has 10 heteroatoms. The second-order valence-corrected chi connectivity index (χ2v) is 9.13. The molecular formula is C22H19N5O3S2. The predicted molar refractivity (Wildman–Crippen MR) is 124 cm³/mol. The molecule has 1 aromatic carbocycles. The molecule has 0 fully saturated rings. The summed E-state index contributed by atoms with van der Waals surface area (Å²) in [6.45, 7) is 2.75. The van der Waals surface area contributed by atoms with Crippen LogP contribution in [0.5, 0.6) is 0 Å². The van der Waals surface area contributed by atoms with E-state index in [-0.39, 0.29) is 23.8 Å². The van der Waals surface area contributed by atoms with Crippen molar-refractivity contribution in [3.63, 3.8) is 0 Å². The number of rotatable bonds is 7. The minimum Gasteiger partial charge on any atom is -0.467 e. The van der Waals surface area contributed by atoms with Gasteiger partial charge < -0.3 is 9.73 Å². The van der Waals surface area contributed by atoms with Crippen LogP contribution in [-0.2, 0) is 17.9 Å². The van der Waals surface area contributed by atoms with Gasteiger partial charge in [0.25, 0.3) is 5.56 Å². The van der Waals surface area contributed by atoms with Gasteiger partial charge in [-0.3, -0.25) is 18.6 Å². The monoisotopic (exact) mass is 465 g/mol. The van der Waals surface area contributed by atoms with E-state index in [1.807, 2.05) is 53.1 Å². The van der Waals surface area contributed by atoms with Crippen LogP contribution < -0.4 is 10.9 Å². The Kier molecular flexibility index (Phi) is 5.54. The Morgan fingerprint density at radius 1 is 1.19 bits per heavy atom. The van der Waals surface area contributed by atoms with Gasteiger partial charge in [-0.1, -0.05) is 41.6 Å². The highest BCUT2D eigenvalue weighted by Gasteiger charge is 2.19. The average molecular weight is 466 g/mol. The highest BCUT2D eigenvalue weighted by molar-refractivity contribution is 7.99. The molecule has 5 aromatic rings. The maximum Gasteiger partial charge on any atom is 0.273 e. The SMILES string of the molecule is Cc1ccc(CNC(=O)CSc2nnc3n(Cc4ccco4)c(=O)c4sccc4n23)cc1. The lowest BCUT2D eigenvalue weighted by Crippen LogP contribution is -2.25. The Hall–Kier alpha value is -3.37. The predicted octanol–water partition coefficient (Wildman–Crippen LogP) is 3.46. The van der Waals surface area contributed by atoms with Crippen molar-refractivity contribution in [3.8, 4) is 0 Å². The third kappa shape index (κ3) is 3.94. The average Bonchev–Trinajstić information content (AvgIpc) is 3.55. The first kappa shape index (κ1) is 20.5. The summed E-state index contributed by atoms with van der Waals surface area (Å²) < 4.78 is 9.40. The van der Waals surface area contributed by atoms with Crippen LogP contribution in [0.15, 0.2) is 68.5 Å². The molecule has 0 unspecified atom stereocenters. The third-order valence-corrected chi connectivity index (χ3v) is 6.84. The molecule has 1 N–H and O–H groups in total. The third-order valence-electron chi connectivity index (χ3n) is 5.02. The number of hydrogen-bond donors (Lipinski definition) is 1. The van der Waals surface area contributed by atoms with Crippen molar-refractivity contribution in [1.29, 1.82) is 0 Å². The number of thiophene rings is 1. The van der Waals surface area contributed by atoms with Crippen LogP contribution >= 0.6 is 23.1 Å². The summed E-state index contributed by atoms with van der Waals surface area (Å²) in [5.41, 5.74) is 2.82. The van der Waals surface area contributed by atoms with E-state index in [9.17, 15) is 9.59 Å². The Bertz CT molecular complexity index is 1450. The van der Waals surface area contributed by atoms with Crippen molar-refractivity contribution < 1.29 is 9.21 Å². The van der Waals surface area contributed by atoms with E-state index >= 15 is 0 Å². The maximum absolute atomic E-state index is 13.0. The molecular weight excluding hydrogens is 446 g/mol. The fourth-order valence-electron chi connectivity index (χ4n) is 3.38. The lowest BCUT2D eigenvalue weighted by molar-refractivity contribution is -0.118. The molecule has 162 valence electrons. The lowest BCUT2D eigenvalue weighted by atomic mass is 10.1. The summed E-state index contributed by atoms with van der Waals surface area (Å²) in [5, 5.41) is 13.9. The van der Waals surface area contributed by atoms with E-state index in [0.717, 1.165) is 11.1 Å². The van der Waals surface area contributed by atoms with E-state index in [1.54, 1.807) is 16.9 Å². The van der Waals surface area contributed by atoms with Crippen LogP contribution in [0.4, 0.5) is 0 Å². The number of nitrogens with one attached hydrogen (secondary N) is 1. The number of amides is 1. The summed E-state index contributed by atoms with van der Waals surface area (Å²) in [7, 11) is 0. The highest BCUT2D eigenvalue weighted by Crippen LogP contribution is 2.24. The van der Waals surface area contributed by atoms with Gasteiger partial charge in [-0.15, -0.1) is 21.5 Å². The zero-order chi connectivity index (χ0) is 22.1. The minimum atomic E-state index is -0.140. The number of aromatic nitrogens is 4. The molecule has 0 aliphatic carbocycles. The molecule has 0 saturated heterocycles. The summed E-state index contributed by atoms with van der Waals surface area (Å²) in [6.07, 6.45) is 1.57. The zero-order valence-corrected chi connectivity index (χ0v) is 18.8. The van der Waals surface area contributed by atoms with Gasteiger partial charge in [-0.25, -0.2) is 0 Å². The van der Waals surface area contributed by atoms with Gasteiger partial charge in [0.15, 0.2) is 5.16 Å². The van der Waals surface area contributed by atoms with Gasteiger partial charge in [-0.2, -0.15) is 0 Å². The van der Waals surface area contributed by atoms with E-state index in [0.29, 0.717) is 27.9 Å². The molecule has 4 aromatic heterocycles. The highest BCUT2D eigenvalue weighted by atomic mass is 32.2. The van der Waals surface area contributed by atoms with E-state index in [1.165, 1.54) is 28.7 Å². The van der Waals surface area contributed by atoms with Gasteiger partial charge in [-0.05, 0) is 36.1 Å². The Morgan fingerprint density at radius 3 is 2.81 bits per heavy atom. The molecule has 32 heavy (non-hydrogen) atoms. The Balaban J connectivity index is 1.39. The lowest BCUT2D eigenvalue weighted by Gasteiger charge is -2.08. The number of hydrogen-bond acceptors (Lipinski definition) is 7. The molecule has 1 amide bonds. The van der Waals surface area contributed by atoms with Crippen molar-refractivity contribution >= 4 is 45.0 Å². The molecule has 0 spiro atoms. The molecule has 0 saturated carbocycles. The van der Waals surface area contributed by atoms with Crippen molar-refractivity contribution in [2.45, 2.75) is 25.2 Å². The quantitative estimate of drug-likeness (QED) is 0.370. The fraction of sp³-hybridized carbons (Fsp3) is 0.182. The molecule has 0 atom stereocenters.